The van der Waals surface area contributed by atoms with Gasteiger partial charge in [0.1, 0.15) is 0 Å². The van der Waals surface area contributed by atoms with E-state index in [1.807, 2.05) is 0 Å². The smallest absolute Gasteiger partial charge is 0.0477 e. The molecule has 0 bridgehead atoms. The van der Waals surface area contributed by atoms with Crippen molar-refractivity contribution in [3.63, 3.8) is 0 Å². The van der Waals surface area contributed by atoms with Crippen molar-refractivity contribution in [2.75, 3.05) is 6.54 Å². The van der Waals surface area contributed by atoms with Crippen molar-refractivity contribution in [1.29, 1.82) is 0 Å². The molecule has 0 saturated heterocycles. The van der Waals surface area contributed by atoms with Crippen molar-refractivity contribution in [3.05, 3.63) is 34.6 Å². The average molecular weight is 228 g/mol. The highest BCUT2D eigenvalue weighted by Gasteiger charge is 2.11. The molecule has 0 saturated carbocycles. The Morgan fingerprint density at radius 1 is 1.58 bits per heavy atom. The fraction of sp³-hybridized carbons (Fsp3) is 0.400. The van der Waals surface area contributed by atoms with E-state index in [-0.39, 0.29) is 0 Å². The summed E-state index contributed by atoms with van der Waals surface area (Å²) in [6.07, 6.45) is 5.37. The van der Waals surface area contributed by atoms with Crippen molar-refractivity contribution in [3.8, 4) is 0 Å². The molecule has 0 unspecified atom stereocenters. The number of halogens is 1. The third-order valence-corrected chi connectivity index (χ3v) is 2.49. The van der Waals surface area contributed by atoms with Gasteiger partial charge in [0.2, 0.25) is 0 Å². The molecule has 0 spiro atoms. The second kappa shape index (κ2) is 3.94. The van der Waals surface area contributed by atoms with E-state index in [4.69, 9.17) is 0 Å². The predicted molar refractivity (Wildman–Crippen MR) is 56.9 cm³/mol. The largest absolute Gasteiger partial charge is 0.347 e. The van der Waals surface area contributed by atoms with E-state index in [2.05, 4.69) is 53.5 Å². The lowest BCUT2D eigenvalue weighted by atomic mass is 10.2. The molecule has 1 aliphatic heterocycles. The molecule has 0 aromatic carbocycles. The third kappa shape index (κ3) is 2.01. The third-order valence-electron chi connectivity index (χ3n) is 1.80. The molecular weight excluding hydrogens is 214 g/mol. The Morgan fingerprint density at radius 3 is 2.83 bits per heavy atom. The monoisotopic (exact) mass is 227 g/mol. The maximum absolute atomic E-state index is 4.00. The maximum Gasteiger partial charge on any atom is 0.0477 e. The van der Waals surface area contributed by atoms with Crippen LogP contribution in [0.4, 0.5) is 0 Å². The highest BCUT2D eigenvalue weighted by Crippen LogP contribution is 2.26. The summed E-state index contributed by atoms with van der Waals surface area (Å²) in [5.41, 5.74) is 2.32. The Balaban J connectivity index is 2.79. The first-order valence-electron chi connectivity index (χ1n) is 4.16. The van der Waals surface area contributed by atoms with E-state index < -0.39 is 0 Å². The molecule has 0 aliphatic carbocycles. The van der Waals surface area contributed by atoms with Crippen LogP contribution in [0.5, 0.6) is 0 Å². The number of hydrogen-bond donors (Lipinski definition) is 0. The van der Waals surface area contributed by atoms with Gasteiger partial charge in [-0.1, -0.05) is 13.5 Å². The Labute approximate surface area is 82.6 Å². The van der Waals surface area contributed by atoms with Gasteiger partial charge in [-0.3, -0.25) is 0 Å². The molecule has 66 valence electrons. The van der Waals surface area contributed by atoms with Crippen LogP contribution in [0.2, 0.25) is 0 Å². The fourth-order valence-corrected chi connectivity index (χ4v) is 1.81. The quantitative estimate of drug-likeness (QED) is 0.700. The van der Waals surface area contributed by atoms with Gasteiger partial charge in [0.25, 0.3) is 0 Å². The highest BCUT2D eigenvalue weighted by molar-refractivity contribution is 9.12. The first-order valence-corrected chi connectivity index (χ1v) is 4.96. The van der Waals surface area contributed by atoms with Crippen LogP contribution in [0.25, 0.3) is 0 Å². The Bertz CT molecular complexity index is 251. The van der Waals surface area contributed by atoms with Gasteiger partial charge in [0, 0.05) is 22.9 Å². The summed E-state index contributed by atoms with van der Waals surface area (Å²) in [6.45, 7) is 9.30. The Morgan fingerprint density at radius 2 is 2.25 bits per heavy atom. The minimum absolute atomic E-state index is 1.04. The van der Waals surface area contributed by atoms with Crippen LogP contribution in [0, 0.1) is 0 Å². The fourth-order valence-electron chi connectivity index (χ4n) is 1.22. The molecule has 0 fully saturated rings. The van der Waals surface area contributed by atoms with E-state index in [1.54, 1.807) is 0 Å². The molecule has 1 nitrogen and oxygen atoms in total. The van der Waals surface area contributed by atoms with Gasteiger partial charge in [-0.25, -0.2) is 0 Å². The SMILES string of the molecule is C=C1C(Br)=CC(C)=CN1CCC. The van der Waals surface area contributed by atoms with Gasteiger partial charge in [0.15, 0.2) is 0 Å². The van der Waals surface area contributed by atoms with Crippen molar-refractivity contribution in [1.82, 2.24) is 4.90 Å². The van der Waals surface area contributed by atoms with Crippen molar-refractivity contribution in [2.24, 2.45) is 0 Å². The van der Waals surface area contributed by atoms with Crippen LogP contribution < -0.4 is 0 Å². The van der Waals surface area contributed by atoms with Crippen LogP contribution >= 0.6 is 15.9 Å². The van der Waals surface area contributed by atoms with Crippen molar-refractivity contribution in [2.45, 2.75) is 20.3 Å². The second-order valence-corrected chi connectivity index (χ2v) is 3.86. The molecule has 0 radical (unpaired) electrons. The lowest BCUT2D eigenvalue weighted by Crippen LogP contribution is -2.19. The van der Waals surface area contributed by atoms with Crippen LogP contribution in [-0.2, 0) is 0 Å². The lowest BCUT2D eigenvalue weighted by Gasteiger charge is -2.26. The van der Waals surface area contributed by atoms with E-state index >= 15 is 0 Å². The van der Waals surface area contributed by atoms with E-state index in [1.165, 1.54) is 5.57 Å². The zero-order valence-electron chi connectivity index (χ0n) is 7.60. The van der Waals surface area contributed by atoms with Gasteiger partial charge in [-0.15, -0.1) is 0 Å². The zero-order valence-corrected chi connectivity index (χ0v) is 9.19. The Hall–Kier alpha value is -0.500. The van der Waals surface area contributed by atoms with Gasteiger partial charge < -0.3 is 4.90 Å². The summed E-state index contributed by atoms with van der Waals surface area (Å²) < 4.78 is 1.09. The molecule has 1 rings (SSSR count). The second-order valence-electron chi connectivity index (χ2n) is 3.01. The van der Waals surface area contributed by atoms with Gasteiger partial charge in [-0.2, -0.15) is 0 Å². The standard InChI is InChI=1S/C10H14BrN/c1-4-5-12-7-8(2)6-10(11)9(12)3/h6-7H,3-5H2,1-2H3. The average Bonchev–Trinajstić information content (AvgIpc) is 2.00. The summed E-state index contributed by atoms with van der Waals surface area (Å²) in [7, 11) is 0. The summed E-state index contributed by atoms with van der Waals surface area (Å²) in [5, 5.41) is 0. The van der Waals surface area contributed by atoms with Crippen LogP contribution in [0.3, 0.4) is 0 Å². The summed E-state index contributed by atoms with van der Waals surface area (Å²) in [5.74, 6) is 0. The summed E-state index contributed by atoms with van der Waals surface area (Å²) in [6, 6.07) is 0. The molecule has 0 N–H and O–H groups in total. The zero-order chi connectivity index (χ0) is 9.14. The summed E-state index contributed by atoms with van der Waals surface area (Å²) in [4.78, 5) is 2.18. The van der Waals surface area contributed by atoms with Gasteiger partial charge >= 0.3 is 0 Å². The molecular formula is C10H14BrN. The topological polar surface area (TPSA) is 3.24 Å². The van der Waals surface area contributed by atoms with Gasteiger partial charge in [-0.05, 0) is 40.9 Å². The molecule has 0 atom stereocenters. The number of nitrogens with zero attached hydrogens (tertiary/aromatic N) is 1. The van der Waals surface area contributed by atoms with Gasteiger partial charge in [0.05, 0.1) is 0 Å². The molecule has 0 aromatic rings. The minimum Gasteiger partial charge on any atom is -0.347 e. The maximum atomic E-state index is 4.00. The first-order chi connectivity index (χ1) is 5.65. The van der Waals surface area contributed by atoms with E-state index in [0.29, 0.717) is 0 Å². The van der Waals surface area contributed by atoms with Crippen molar-refractivity contribution >= 4 is 15.9 Å². The number of allylic oxidation sites excluding steroid dienone is 3. The molecule has 1 heterocycles. The molecule has 1 aliphatic rings. The van der Waals surface area contributed by atoms with E-state index in [9.17, 15) is 0 Å². The lowest BCUT2D eigenvalue weighted by molar-refractivity contribution is 0.469. The van der Waals surface area contributed by atoms with Crippen molar-refractivity contribution < 1.29 is 0 Å². The highest BCUT2D eigenvalue weighted by atomic mass is 79.9. The molecule has 12 heavy (non-hydrogen) atoms. The number of hydrogen-bond acceptors (Lipinski definition) is 1. The minimum atomic E-state index is 1.04. The first kappa shape index (κ1) is 9.59. The molecule has 2 heteroatoms. The van der Waals surface area contributed by atoms with Crippen LogP contribution in [0.15, 0.2) is 34.6 Å². The van der Waals surface area contributed by atoms with Crippen LogP contribution in [0.1, 0.15) is 20.3 Å². The molecule has 0 aromatic heterocycles. The van der Waals surface area contributed by atoms with Crippen LogP contribution in [-0.4, -0.2) is 11.4 Å². The normalized spacial score (nSPS) is 17.6. The molecule has 0 amide bonds. The summed E-state index contributed by atoms with van der Waals surface area (Å²) >= 11 is 3.48. The predicted octanol–water partition coefficient (Wildman–Crippen LogP) is 3.41. The number of rotatable bonds is 2. The Kier molecular flexibility index (Phi) is 3.15. The van der Waals surface area contributed by atoms with E-state index in [0.717, 1.165) is 23.1 Å².